The van der Waals surface area contributed by atoms with Gasteiger partial charge in [-0.05, 0) is 13.0 Å². The molecule has 0 aliphatic carbocycles. The fourth-order valence-electron chi connectivity index (χ4n) is 0.716. The molecule has 10 heavy (non-hydrogen) atoms. The molecule has 54 valence electrons. The second-order valence-corrected chi connectivity index (χ2v) is 1.84. The molecular formula is C7H9NO2. The van der Waals surface area contributed by atoms with Gasteiger partial charge in [-0.2, -0.15) is 0 Å². The Balaban J connectivity index is 2.73. The molecule has 0 aliphatic heterocycles. The molecular weight excluding hydrogens is 130 g/mol. The van der Waals surface area contributed by atoms with Crippen molar-refractivity contribution in [2.45, 2.75) is 6.92 Å². The monoisotopic (exact) mass is 139 g/mol. The summed E-state index contributed by atoms with van der Waals surface area (Å²) in [7, 11) is 0. The number of carbonyl (C=O) groups is 1. The summed E-state index contributed by atoms with van der Waals surface area (Å²) in [5, 5.41) is 0. The van der Waals surface area contributed by atoms with Crippen LogP contribution >= 0.6 is 0 Å². The van der Waals surface area contributed by atoms with Crippen LogP contribution in [-0.4, -0.2) is 13.0 Å². The van der Waals surface area contributed by atoms with Gasteiger partial charge in [-0.3, -0.25) is 9.69 Å². The highest BCUT2D eigenvalue weighted by atomic mass is 16.3. The molecule has 1 heterocycles. The predicted molar refractivity (Wildman–Crippen MR) is 37.8 cm³/mol. The van der Waals surface area contributed by atoms with Gasteiger partial charge in [-0.15, -0.1) is 0 Å². The summed E-state index contributed by atoms with van der Waals surface area (Å²) in [5.74, 6) is 0.595. The summed E-state index contributed by atoms with van der Waals surface area (Å²) in [6.45, 7) is 2.52. The van der Waals surface area contributed by atoms with Crippen molar-refractivity contribution in [1.82, 2.24) is 0 Å². The lowest BCUT2D eigenvalue weighted by molar-refractivity contribution is -0.107. The third-order valence-electron chi connectivity index (χ3n) is 1.26. The minimum atomic E-state index is 0.595. The van der Waals surface area contributed by atoms with E-state index in [0.717, 1.165) is 6.41 Å². The summed E-state index contributed by atoms with van der Waals surface area (Å²) in [6.07, 6.45) is 2.29. The van der Waals surface area contributed by atoms with Crippen LogP contribution in [0.5, 0.6) is 0 Å². The van der Waals surface area contributed by atoms with Crippen molar-refractivity contribution >= 4 is 12.3 Å². The molecule has 0 bridgehead atoms. The summed E-state index contributed by atoms with van der Waals surface area (Å²) >= 11 is 0. The number of rotatable bonds is 3. The zero-order chi connectivity index (χ0) is 7.40. The van der Waals surface area contributed by atoms with Gasteiger partial charge in [0.1, 0.15) is 0 Å². The molecule has 1 aromatic heterocycles. The van der Waals surface area contributed by atoms with Crippen LogP contribution in [0.15, 0.2) is 22.8 Å². The van der Waals surface area contributed by atoms with Crippen molar-refractivity contribution in [2.75, 3.05) is 11.4 Å². The lowest BCUT2D eigenvalue weighted by Gasteiger charge is -2.08. The Bertz CT molecular complexity index is 193. The molecule has 0 spiro atoms. The van der Waals surface area contributed by atoms with Gasteiger partial charge in [0.05, 0.1) is 6.26 Å². The van der Waals surface area contributed by atoms with E-state index in [1.807, 2.05) is 6.92 Å². The van der Waals surface area contributed by atoms with Gasteiger partial charge in [-0.1, -0.05) is 0 Å². The molecule has 1 amide bonds. The standard InChI is InChI=1S/C7H9NO2/c1-2-8(6-9)7-4-3-5-10-7/h3-6H,2H2,1H3. The molecule has 0 saturated carbocycles. The average Bonchev–Trinajstić information content (AvgIpc) is 2.43. The van der Waals surface area contributed by atoms with Crippen molar-refractivity contribution in [2.24, 2.45) is 0 Å². The normalized spacial score (nSPS) is 9.30. The van der Waals surface area contributed by atoms with Gasteiger partial charge in [0.2, 0.25) is 12.3 Å². The van der Waals surface area contributed by atoms with Crippen LogP contribution in [0.1, 0.15) is 6.92 Å². The zero-order valence-electron chi connectivity index (χ0n) is 5.78. The fraction of sp³-hybridized carbons (Fsp3) is 0.286. The Hall–Kier alpha value is -1.25. The van der Waals surface area contributed by atoms with Crippen LogP contribution < -0.4 is 4.90 Å². The molecule has 0 fully saturated rings. The number of amides is 1. The molecule has 0 atom stereocenters. The molecule has 0 aliphatic rings. The Kier molecular flexibility index (Phi) is 2.10. The summed E-state index contributed by atoms with van der Waals surface area (Å²) in [4.78, 5) is 11.8. The largest absolute Gasteiger partial charge is 0.448 e. The van der Waals surface area contributed by atoms with E-state index in [1.54, 1.807) is 18.4 Å². The minimum absolute atomic E-state index is 0.595. The van der Waals surface area contributed by atoms with Crippen LogP contribution in [0.3, 0.4) is 0 Å². The highest BCUT2D eigenvalue weighted by molar-refractivity contribution is 5.71. The molecule has 0 N–H and O–H groups in total. The summed E-state index contributed by atoms with van der Waals surface area (Å²) in [5.41, 5.74) is 0. The van der Waals surface area contributed by atoms with E-state index in [-0.39, 0.29) is 0 Å². The summed E-state index contributed by atoms with van der Waals surface area (Å²) in [6, 6.07) is 3.50. The predicted octanol–water partition coefficient (Wildman–Crippen LogP) is 1.26. The fourth-order valence-corrected chi connectivity index (χ4v) is 0.716. The van der Waals surface area contributed by atoms with E-state index in [4.69, 9.17) is 4.42 Å². The van der Waals surface area contributed by atoms with Crippen LogP contribution in [0.25, 0.3) is 0 Å². The van der Waals surface area contributed by atoms with E-state index in [2.05, 4.69) is 0 Å². The maximum absolute atomic E-state index is 10.3. The molecule has 3 heteroatoms. The van der Waals surface area contributed by atoms with Crippen molar-refractivity contribution in [3.05, 3.63) is 18.4 Å². The number of hydrogen-bond acceptors (Lipinski definition) is 2. The molecule has 0 unspecified atom stereocenters. The van der Waals surface area contributed by atoms with Gasteiger partial charge in [-0.25, -0.2) is 0 Å². The van der Waals surface area contributed by atoms with Crippen LogP contribution in [0, 0.1) is 0 Å². The number of furan rings is 1. The van der Waals surface area contributed by atoms with Gasteiger partial charge in [0, 0.05) is 12.6 Å². The van der Waals surface area contributed by atoms with E-state index in [0.29, 0.717) is 12.4 Å². The first-order valence-corrected chi connectivity index (χ1v) is 3.14. The third kappa shape index (κ3) is 1.18. The average molecular weight is 139 g/mol. The van der Waals surface area contributed by atoms with Crippen molar-refractivity contribution in [3.63, 3.8) is 0 Å². The lowest BCUT2D eigenvalue weighted by Crippen LogP contribution is -2.18. The first-order valence-electron chi connectivity index (χ1n) is 3.14. The second kappa shape index (κ2) is 3.06. The maximum atomic E-state index is 10.3. The smallest absolute Gasteiger partial charge is 0.216 e. The van der Waals surface area contributed by atoms with E-state index >= 15 is 0 Å². The topological polar surface area (TPSA) is 33.5 Å². The van der Waals surface area contributed by atoms with E-state index in [1.165, 1.54) is 4.90 Å². The van der Waals surface area contributed by atoms with Crippen molar-refractivity contribution < 1.29 is 9.21 Å². The van der Waals surface area contributed by atoms with Crippen LogP contribution in [0.4, 0.5) is 5.88 Å². The molecule has 0 saturated heterocycles. The summed E-state index contributed by atoms with van der Waals surface area (Å²) < 4.78 is 4.97. The van der Waals surface area contributed by atoms with Crippen molar-refractivity contribution in [3.8, 4) is 0 Å². The Morgan fingerprint density at radius 3 is 3.00 bits per heavy atom. The number of anilines is 1. The number of nitrogens with zero attached hydrogens (tertiary/aromatic N) is 1. The molecule has 0 aromatic carbocycles. The minimum Gasteiger partial charge on any atom is -0.448 e. The second-order valence-electron chi connectivity index (χ2n) is 1.84. The zero-order valence-corrected chi connectivity index (χ0v) is 5.78. The maximum Gasteiger partial charge on any atom is 0.216 e. The quantitative estimate of drug-likeness (QED) is 0.591. The molecule has 3 nitrogen and oxygen atoms in total. The first kappa shape index (κ1) is 6.86. The highest BCUT2D eigenvalue weighted by Gasteiger charge is 2.02. The van der Waals surface area contributed by atoms with Gasteiger partial charge < -0.3 is 4.42 Å². The van der Waals surface area contributed by atoms with Crippen LogP contribution in [0.2, 0.25) is 0 Å². The molecule has 1 aromatic rings. The van der Waals surface area contributed by atoms with Crippen LogP contribution in [-0.2, 0) is 4.79 Å². The SMILES string of the molecule is CCN(C=O)c1ccco1. The molecule has 1 rings (SSSR count). The van der Waals surface area contributed by atoms with Gasteiger partial charge >= 0.3 is 0 Å². The third-order valence-corrected chi connectivity index (χ3v) is 1.26. The lowest BCUT2D eigenvalue weighted by atomic mass is 10.5. The van der Waals surface area contributed by atoms with E-state index < -0.39 is 0 Å². The number of hydrogen-bond donors (Lipinski definition) is 0. The highest BCUT2D eigenvalue weighted by Crippen LogP contribution is 2.11. The molecule has 0 radical (unpaired) electrons. The Labute approximate surface area is 59.2 Å². The van der Waals surface area contributed by atoms with Crippen molar-refractivity contribution in [1.29, 1.82) is 0 Å². The number of carbonyl (C=O) groups excluding carboxylic acids is 1. The van der Waals surface area contributed by atoms with Gasteiger partial charge in [0.15, 0.2) is 0 Å². The Morgan fingerprint density at radius 1 is 1.80 bits per heavy atom. The van der Waals surface area contributed by atoms with Gasteiger partial charge in [0.25, 0.3) is 0 Å². The Morgan fingerprint density at radius 2 is 2.60 bits per heavy atom. The van der Waals surface area contributed by atoms with E-state index in [9.17, 15) is 4.79 Å². The first-order chi connectivity index (χ1) is 4.88.